The van der Waals surface area contributed by atoms with Crippen LogP contribution in [-0.4, -0.2) is 72.5 Å². The van der Waals surface area contributed by atoms with Gasteiger partial charge in [0.05, 0.1) is 18.7 Å². The number of hydrogen-bond donors (Lipinski definition) is 0. The standard InChI is InChI=1S/C14H24N4O/c1-3-12(10-15)18-8-6-17(7-9-18)11-14(19)16(2)13-4-5-13/h12-13H,3-9,11H2,1-2H3. The zero-order chi connectivity index (χ0) is 13.8. The van der Waals surface area contributed by atoms with Gasteiger partial charge in [-0.2, -0.15) is 5.26 Å². The molecule has 1 aliphatic carbocycles. The molecule has 1 saturated carbocycles. The van der Waals surface area contributed by atoms with Gasteiger partial charge in [-0.25, -0.2) is 0 Å². The summed E-state index contributed by atoms with van der Waals surface area (Å²) in [6.45, 7) is 6.16. The lowest BCUT2D eigenvalue weighted by Crippen LogP contribution is -2.52. The number of nitrogens with zero attached hydrogens (tertiary/aromatic N) is 4. The number of carbonyl (C=O) groups is 1. The highest BCUT2D eigenvalue weighted by Crippen LogP contribution is 2.25. The van der Waals surface area contributed by atoms with Gasteiger partial charge in [-0.1, -0.05) is 6.92 Å². The minimum atomic E-state index is 0.0342. The van der Waals surface area contributed by atoms with Gasteiger partial charge in [0.25, 0.3) is 0 Å². The molecule has 0 aromatic carbocycles. The fraction of sp³-hybridized carbons (Fsp3) is 0.857. The molecule has 0 radical (unpaired) electrons. The van der Waals surface area contributed by atoms with Gasteiger partial charge < -0.3 is 4.90 Å². The average molecular weight is 264 g/mol. The molecule has 0 N–H and O–H groups in total. The topological polar surface area (TPSA) is 50.6 Å². The first-order valence-electron chi connectivity index (χ1n) is 7.27. The SMILES string of the molecule is CCC(C#N)N1CCN(CC(=O)N(C)C2CC2)CC1. The fourth-order valence-corrected chi connectivity index (χ4v) is 2.63. The van der Waals surface area contributed by atoms with Crippen LogP contribution in [0, 0.1) is 11.3 Å². The Morgan fingerprint density at radius 1 is 1.37 bits per heavy atom. The molecule has 1 aliphatic heterocycles. The average Bonchev–Trinajstić information content (AvgIpc) is 3.25. The lowest BCUT2D eigenvalue weighted by Gasteiger charge is -2.36. The van der Waals surface area contributed by atoms with Crippen LogP contribution in [0.5, 0.6) is 0 Å². The maximum absolute atomic E-state index is 12.0. The lowest BCUT2D eigenvalue weighted by atomic mass is 10.2. The molecule has 5 heteroatoms. The second-order valence-electron chi connectivity index (χ2n) is 5.60. The molecule has 1 unspecified atom stereocenters. The quantitative estimate of drug-likeness (QED) is 0.727. The van der Waals surface area contributed by atoms with E-state index >= 15 is 0 Å². The molecule has 2 fully saturated rings. The van der Waals surface area contributed by atoms with Crippen molar-refractivity contribution < 1.29 is 4.79 Å². The fourth-order valence-electron chi connectivity index (χ4n) is 2.63. The van der Waals surface area contributed by atoms with E-state index in [4.69, 9.17) is 5.26 Å². The van der Waals surface area contributed by atoms with Crippen molar-refractivity contribution in [3.63, 3.8) is 0 Å². The van der Waals surface area contributed by atoms with Gasteiger partial charge in [-0.3, -0.25) is 14.6 Å². The van der Waals surface area contributed by atoms with E-state index in [1.165, 1.54) is 0 Å². The van der Waals surface area contributed by atoms with Crippen LogP contribution in [0.15, 0.2) is 0 Å². The molecule has 0 spiro atoms. The number of piperazine rings is 1. The summed E-state index contributed by atoms with van der Waals surface area (Å²) in [5.41, 5.74) is 0. The van der Waals surface area contributed by atoms with Crippen LogP contribution in [0.3, 0.4) is 0 Å². The van der Waals surface area contributed by atoms with Gasteiger partial charge in [0.2, 0.25) is 5.91 Å². The van der Waals surface area contributed by atoms with Crippen LogP contribution in [-0.2, 0) is 4.79 Å². The molecule has 106 valence electrons. The van der Waals surface area contributed by atoms with Crippen LogP contribution in [0.2, 0.25) is 0 Å². The summed E-state index contributed by atoms with van der Waals surface area (Å²) in [5, 5.41) is 9.06. The van der Waals surface area contributed by atoms with E-state index in [2.05, 4.69) is 15.9 Å². The summed E-state index contributed by atoms with van der Waals surface area (Å²) in [4.78, 5) is 18.4. The van der Waals surface area contributed by atoms with Crippen LogP contribution in [0.4, 0.5) is 0 Å². The zero-order valence-corrected chi connectivity index (χ0v) is 12.0. The Balaban J connectivity index is 1.74. The van der Waals surface area contributed by atoms with Gasteiger partial charge in [0.1, 0.15) is 0 Å². The van der Waals surface area contributed by atoms with Crippen LogP contribution < -0.4 is 0 Å². The minimum Gasteiger partial charge on any atom is -0.342 e. The third-order valence-electron chi connectivity index (χ3n) is 4.23. The van der Waals surface area contributed by atoms with E-state index in [0.717, 1.165) is 45.4 Å². The molecule has 1 amide bonds. The Morgan fingerprint density at radius 2 is 2.00 bits per heavy atom. The highest BCUT2D eigenvalue weighted by molar-refractivity contribution is 5.78. The Bertz CT molecular complexity index is 353. The van der Waals surface area contributed by atoms with Gasteiger partial charge >= 0.3 is 0 Å². The van der Waals surface area contributed by atoms with Crippen molar-refractivity contribution in [1.29, 1.82) is 5.26 Å². The number of rotatable bonds is 5. The maximum Gasteiger partial charge on any atom is 0.236 e. The van der Waals surface area contributed by atoms with Crippen LogP contribution >= 0.6 is 0 Å². The van der Waals surface area contributed by atoms with Crippen molar-refractivity contribution in [2.45, 2.75) is 38.3 Å². The molecule has 0 bridgehead atoms. The highest BCUT2D eigenvalue weighted by atomic mass is 16.2. The Hall–Kier alpha value is -1.12. The number of likely N-dealkylation sites (N-methyl/N-ethyl adjacent to an activating group) is 1. The Kier molecular flexibility index (Phi) is 4.78. The lowest BCUT2D eigenvalue weighted by molar-refractivity contribution is -0.132. The van der Waals surface area contributed by atoms with Crippen molar-refractivity contribution in [2.24, 2.45) is 0 Å². The van der Waals surface area contributed by atoms with Gasteiger partial charge in [-0.15, -0.1) is 0 Å². The summed E-state index contributed by atoms with van der Waals surface area (Å²) in [7, 11) is 1.92. The van der Waals surface area contributed by atoms with E-state index in [-0.39, 0.29) is 11.9 Å². The molecule has 19 heavy (non-hydrogen) atoms. The van der Waals surface area contributed by atoms with Crippen LogP contribution in [0.1, 0.15) is 26.2 Å². The maximum atomic E-state index is 12.0. The highest BCUT2D eigenvalue weighted by Gasteiger charge is 2.31. The molecule has 1 atom stereocenters. The summed E-state index contributed by atoms with van der Waals surface area (Å²) < 4.78 is 0. The van der Waals surface area contributed by atoms with Gasteiger partial charge in [0, 0.05) is 39.3 Å². The molecule has 0 aromatic heterocycles. The predicted octanol–water partition coefficient (Wildman–Crippen LogP) is 0.527. The summed E-state index contributed by atoms with van der Waals surface area (Å²) in [5.74, 6) is 0.239. The first kappa shape index (κ1) is 14.3. The van der Waals surface area contributed by atoms with Crippen LogP contribution in [0.25, 0.3) is 0 Å². The molecule has 2 aliphatic rings. The summed E-state index contributed by atoms with van der Waals surface area (Å²) >= 11 is 0. The van der Waals surface area contributed by atoms with Crippen molar-refractivity contribution in [3.8, 4) is 6.07 Å². The second-order valence-corrected chi connectivity index (χ2v) is 5.60. The van der Waals surface area contributed by atoms with E-state index in [9.17, 15) is 4.79 Å². The number of amides is 1. The normalized spacial score (nSPS) is 22.8. The van der Waals surface area contributed by atoms with E-state index < -0.39 is 0 Å². The molecular formula is C14H24N4O. The summed E-state index contributed by atoms with van der Waals surface area (Å²) in [6, 6.07) is 2.88. The smallest absolute Gasteiger partial charge is 0.236 e. The molecule has 0 aromatic rings. The van der Waals surface area contributed by atoms with E-state index in [1.54, 1.807) is 0 Å². The van der Waals surface area contributed by atoms with Crippen molar-refractivity contribution >= 4 is 5.91 Å². The van der Waals surface area contributed by atoms with Gasteiger partial charge in [0.15, 0.2) is 0 Å². The third kappa shape index (κ3) is 3.68. The molecule has 1 heterocycles. The largest absolute Gasteiger partial charge is 0.342 e. The van der Waals surface area contributed by atoms with E-state index in [0.29, 0.717) is 12.6 Å². The number of hydrogen-bond acceptors (Lipinski definition) is 4. The molecule has 1 saturated heterocycles. The molecule has 5 nitrogen and oxygen atoms in total. The van der Waals surface area contributed by atoms with Gasteiger partial charge in [-0.05, 0) is 19.3 Å². The Morgan fingerprint density at radius 3 is 2.47 bits per heavy atom. The molecular weight excluding hydrogens is 240 g/mol. The van der Waals surface area contributed by atoms with E-state index in [1.807, 2.05) is 18.9 Å². The van der Waals surface area contributed by atoms with Crippen molar-refractivity contribution in [2.75, 3.05) is 39.8 Å². The third-order valence-corrected chi connectivity index (χ3v) is 4.23. The Labute approximate surface area is 115 Å². The van der Waals surface area contributed by atoms with Crippen molar-refractivity contribution in [1.82, 2.24) is 14.7 Å². The first-order valence-corrected chi connectivity index (χ1v) is 7.27. The summed E-state index contributed by atoms with van der Waals surface area (Å²) in [6.07, 6.45) is 3.20. The predicted molar refractivity (Wildman–Crippen MR) is 73.5 cm³/mol. The minimum absolute atomic E-state index is 0.0342. The number of nitriles is 1. The molecule has 2 rings (SSSR count). The number of carbonyl (C=O) groups excluding carboxylic acids is 1. The zero-order valence-electron chi connectivity index (χ0n) is 12.0. The second kappa shape index (κ2) is 6.36. The first-order chi connectivity index (χ1) is 9.15. The van der Waals surface area contributed by atoms with Crippen molar-refractivity contribution in [3.05, 3.63) is 0 Å². The monoisotopic (exact) mass is 264 g/mol.